The van der Waals surface area contributed by atoms with E-state index in [0.717, 1.165) is 69.8 Å². The van der Waals surface area contributed by atoms with E-state index in [4.69, 9.17) is 4.74 Å². The van der Waals surface area contributed by atoms with E-state index in [2.05, 4.69) is 13.8 Å². The van der Waals surface area contributed by atoms with Crippen LogP contribution in [0.3, 0.4) is 0 Å². The Hall–Kier alpha value is -2.30. The van der Waals surface area contributed by atoms with E-state index in [9.17, 15) is 18.0 Å². The van der Waals surface area contributed by atoms with Crippen molar-refractivity contribution >= 4 is 5.97 Å². The van der Waals surface area contributed by atoms with Crippen LogP contribution >= 0.6 is 0 Å². The number of esters is 1. The maximum absolute atomic E-state index is 14.5. The van der Waals surface area contributed by atoms with Crippen LogP contribution in [0, 0.1) is 17.5 Å². The van der Waals surface area contributed by atoms with Gasteiger partial charge in [-0.05, 0) is 55.0 Å². The Balaban J connectivity index is 1.93. The SMILES string of the molecule is CCCCCCCCc1ccc(OC(=O)c2ccc(CCCCCCC)cc2F)c(F)c1F. The zero-order valence-electron chi connectivity index (χ0n) is 20.0. The van der Waals surface area contributed by atoms with Crippen LogP contribution in [0.25, 0.3) is 0 Å². The molecule has 33 heavy (non-hydrogen) atoms. The molecule has 0 aliphatic rings. The van der Waals surface area contributed by atoms with Crippen molar-refractivity contribution in [1.82, 2.24) is 0 Å². The van der Waals surface area contributed by atoms with Crippen LogP contribution in [-0.2, 0) is 12.8 Å². The minimum Gasteiger partial charge on any atom is -0.420 e. The van der Waals surface area contributed by atoms with Crippen molar-refractivity contribution in [1.29, 1.82) is 0 Å². The predicted molar refractivity (Wildman–Crippen MR) is 127 cm³/mol. The van der Waals surface area contributed by atoms with Crippen LogP contribution < -0.4 is 4.74 Å². The van der Waals surface area contributed by atoms with E-state index >= 15 is 0 Å². The summed E-state index contributed by atoms with van der Waals surface area (Å²) in [6.07, 6.45) is 13.0. The normalized spacial score (nSPS) is 11.1. The summed E-state index contributed by atoms with van der Waals surface area (Å²) in [5.41, 5.74) is 0.773. The molecule has 5 heteroatoms. The topological polar surface area (TPSA) is 26.3 Å². The van der Waals surface area contributed by atoms with Crippen molar-refractivity contribution in [2.75, 3.05) is 0 Å². The highest BCUT2D eigenvalue weighted by Gasteiger charge is 2.20. The molecule has 2 aromatic rings. The Morgan fingerprint density at radius 1 is 0.727 bits per heavy atom. The zero-order chi connectivity index (χ0) is 24.1. The lowest BCUT2D eigenvalue weighted by atomic mass is 10.0. The molecule has 0 aromatic heterocycles. The van der Waals surface area contributed by atoms with Gasteiger partial charge in [0.2, 0.25) is 5.82 Å². The molecule has 0 saturated carbocycles. The van der Waals surface area contributed by atoms with Crippen LogP contribution in [0.4, 0.5) is 13.2 Å². The van der Waals surface area contributed by atoms with Gasteiger partial charge in [-0.3, -0.25) is 0 Å². The lowest BCUT2D eigenvalue weighted by molar-refractivity contribution is 0.0721. The molecule has 0 aliphatic carbocycles. The van der Waals surface area contributed by atoms with Crippen molar-refractivity contribution < 1.29 is 22.7 Å². The van der Waals surface area contributed by atoms with Crippen LogP contribution in [0.5, 0.6) is 5.75 Å². The maximum Gasteiger partial charge on any atom is 0.346 e. The molecule has 2 nitrogen and oxygen atoms in total. The quantitative estimate of drug-likeness (QED) is 0.150. The minimum atomic E-state index is -1.21. The highest BCUT2D eigenvalue weighted by molar-refractivity contribution is 5.91. The Labute approximate surface area is 196 Å². The number of unbranched alkanes of at least 4 members (excludes halogenated alkanes) is 9. The molecule has 2 rings (SSSR count). The number of aryl methyl sites for hydroxylation is 2. The first-order valence-corrected chi connectivity index (χ1v) is 12.4. The Kier molecular flexibility index (Phi) is 12.1. The summed E-state index contributed by atoms with van der Waals surface area (Å²) in [6.45, 7) is 4.30. The van der Waals surface area contributed by atoms with E-state index < -0.39 is 29.2 Å². The van der Waals surface area contributed by atoms with Gasteiger partial charge in [0.15, 0.2) is 11.6 Å². The number of carbonyl (C=O) groups is 1. The first-order chi connectivity index (χ1) is 16.0. The van der Waals surface area contributed by atoms with Crippen molar-refractivity contribution in [2.24, 2.45) is 0 Å². The van der Waals surface area contributed by atoms with E-state index in [1.807, 2.05) is 0 Å². The second-order valence-corrected chi connectivity index (χ2v) is 8.74. The fourth-order valence-corrected chi connectivity index (χ4v) is 3.91. The Bertz CT molecular complexity index is 880. The molecule has 0 aliphatic heterocycles. The summed E-state index contributed by atoms with van der Waals surface area (Å²) in [6, 6.07) is 7.02. The summed E-state index contributed by atoms with van der Waals surface area (Å²) in [5, 5.41) is 0. The maximum atomic E-state index is 14.5. The number of halogens is 3. The van der Waals surface area contributed by atoms with E-state index in [-0.39, 0.29) is 11.1 Å². The van der Waals surface area contributed by atoms with Gasteiger partial charge in [0.1, 0.15) is 5.82 Å². The summed E-state index contributed by atoms with van der Waals surface area (Å²) in [5.74, 6) is -4.50. The van der Waals surface area contributed by atoms with E-state index in [1.165, 1.54) is 37.1 Å². The lowest BCUT2D eigenvalue weighted by Crippen LogP contribution is -2.13. The second kappa shape index (κ2) is 14.8. The van der Waals surface area contributed by atoms with Crippen LogP contribution in [0.15, 0.2) is 30.3 Å². The molecule has 0 fully saturated rings. The number of rotatable bonds is 15. The van der Waals surface area contributed by atoms with Crippen molar-refractivity contribution in [3.05, 3.63) is 64.5 Å². The highest BCUT2D eigenvalue weighted by Crippen LogP contribution is 2.26. The van der Waals surface area contributed by atoms with Gasteiger partial charge in [0, 0.05) is 0 Å². The highest BCUT2D eigenvalue weighted by atomic mass is 19.2. The second-order valence-electron chi connectivity index (χ2n) is 8.74. The van der Waals surface area contributed by atoms with Crippen LogP contribution in [-0.4, -0.2) is 5.97 Å². The number of benzene rings is 2. The fraction of sp³-hybridized carbons (Fsp3) is 0.536. The minimum absolute atomic E-state index is 0.261. The average molecular weight is 463 g/mol. The van der Waals surface area contributed by atoms with Gasteiger partial charge in [-0.1, -0.05) is 83.8 Å². The molecule has 0 N–H and O–H groups in total. The van der Waals surface area contributed by atoms with Gasteiger partial charge < -0.3 is 4.74 Å². The van der Waals surface area contributed by atoms with Crippen LogP contribution in [0.2, 0.25) is 0 Å². The van der Waals surface area contributed by atoms with Gasteiger partial charge in [0.25, 0.3) is 0 Å². The van der Waals surface area contributed by atoms with Gasteiger partial charge in [0.05, 0.1) is 5.56 Å². The molecular formula is C28H37F3O2. The summed E-state index contributed by atoms with van der Waals surface area (Å²) in [7, 11) is 0. The third kappa shape index (κ3) is 8.87. The summed E-state index contributed by atoms with van der Waals surface area (Å²) >= 11 is 0. The first-order valence-electron chi connectivity index (χ1n) is 12.4. The standard InChI is InChI=1S/C28H37F3O2/c1-3-5-7-9-11-13-15-22-17-19-25(27(31)26(22)30)33-28(32)23-18-16-21(20-24(23)29)14-12-10-8-6-4-2/h16-20H,3-15H2,1-2H3. The van der Waals surface area contributed by atoms with Gasteiger partial charge in [-0.25, -0.2) is 13.6 Å². The molecule has 0 spiro atoms. The van der Waals surface area contributed by atoms with Crippen molar-refractivity contribution in [3.8, 4) is 5.75 Å². The number of carbonyl (C=O) groups excluding carboxylic acids is 1. The van der Waals surface area contributed by atoms with Gasteiger partial charge in [-0.15, -0.1) is 0 Å². The van der Waals surface area contributed by atoms with E-state index in [0.29, 0.717) is 6.42 Å². The van der Waals surface area contributed by atoms with Gasteiger partial charge >= 0.3 is 5.97 Å². The fourth-order valence-electron chi connectivity index (χ4n) is 3.91. The Morgan fingerprint density at radius 3 is 1.97 bits per heavy atom. The molecule has 0 saturated heterocycles. The first kappa shape index (κ1) is 26.9. The predicted octanol–water partition coefficient (Wildman–Crippen LogP) is 8.74. The number of hydrogen-bond acceptors (Lipinski definition) is 2. The third-order valence-corrected chi connectivity index (χ3v) is 5.95. The molecule has 182 valence electrons. The monoisotopic (exact) mass is 462 g/mol. The van der Waals surface area contributed by atoms with Crippen molar-refractivity contribution in [3.63, 3.8) is 0 Å². The van der Waals surface area contributed by atoms with Crippen LogP contribution in [0.1, 0.15) is 106 Å². The molecule has 0 heterocycles. The smallest absolute Gasteiger partial charge is 0.346 e. The third-order valence-electron chi connectivity index (χ3n) is 5.95. The van der Waals surface area contributed by atoms with Crippen molar-refractivity contribution in [2.45, 2.75) is 97.3 Å². The number of ether oxygens (including phenoxy) is 1. The summed E-state index contributed by atoms with van der Waals surface area (Å²) in [4.78, 5) is 12.4. The molecule has 0 radical (unpaired) electrons. The van der Waals surface area contributed by atoms with Gasteiger partial charge in [-0.2, -0.15) is 4.39 Å². The average Bonchev–Trinajstić information content (AvgIpc) is 2.80. The molecule has 0 unspecified atom stereocenters. The number of hydrogen-bond donors (Lipinski definition) is 0. The molecular weight excluding hydrogens is 425 g/mol. The molecule has 0 amide bonds. The molecule has 0 atom stereocenters. The molecule has 2 aromatic carbocycles. The van der Waals surface area contributed by atoms with E-state index in [1.54, 1.807) is 6.07 Å². The summed E-state index contributed by atoms with van der Waals surface area (Å²) < 4.78 is 48.3. The lowest BCUT2D eigenvalue weighted by Gasteiger charge is -2.10. The zero-order valence-corrected chi connectivity index (χ0v) is 20.0. The molecule has 0 bridgehead atoms. The Morgan fingerprint density at radius 2 is 1.33 bits per heavy atom. The largest absolute Gasteiger partial charge is 0.420 e.